The molecule has 18 heavy (non-hydrogen) atoms. The molecule has 3 nitrogen and oxygen atoms in total. The van der Waals surface area contributed by atoms with E-state index < -0.39 is 0 Å². The van der Waals surface area contributed by atoms with E-state index in [9.17, 15) is 4.79 Å². The van der Waals surface area contributed by atoms with Gasteiger partial charge in [0.25, 0.3) is 0 Å². The fourth-order valence-corrected chi connectivity index (χ4v) is 1.81. The van der Waals surface area contributed by atoms with Crippen LogP contribution in [0.4, 0.5) is 0 Å². The summed E-state index contributed by atoms with van der Waals surface area (Å²) >= 11 is 3.41. The van der Waals surface area contributed by atoms with Gasteiger partial charge in [-0.1, -0.05) is 35.0 Å². The van der Waals surface area contributed by atoms with Gasteiger partial charge < -0.3 is 10.6 Å². The number of carbonyl (C=O) groups excluding carboxylic acids is 1. The van der Waals surface area contributed by atoms with Crippen molar-refractivity contribution in [2.75, 3.05) is 6.54 Å². The van der Waals surface area contributed by atoms with Crippen molar-refractivity contribution in [3.8, 4) is 0 Å². The van der Waals surface area contributed by atoms with Gasteiger partial charge in [0, 0.05) is 16.6 Å². The minimum atomic E-state index is 0.0494. The van der Waals surface area contributed by atoms with Crippen LogP contribution in [0.5, 0.6) is 0 Å². The Bertz CT molecular complexity index is 378. The number of nitrogens with one attached hydrogen (secondary N) is 2. The summed E-state index contributed by atoms with van der Waals surface area (Å²) in [4.78, 5) is 11.6. The van der Waals surface area contributed by atoms with Gasteiger partial charge in [-0.05, 0) is 38.0 Å². The Balaban J connectivity index is 2.39. The molecule has 0 radical (unpaired) electrons. The van der Waals surface area contributed by atoms with Crippen molar-refractivity contribution in [1.82, 2.24) is 10.6 Å². The van der Waals surface area contributed by atoms with E-state index in [1.54, 1.807) is 0 Å². The molecule has 0 heterocycles. The maximum absolute atomic E-state index is 11.6. The highest BCUT2D eigenvalue weighted by Crippen LogP contribution is 2.16. The summed E-state index contributed by atoms with van der Waals surface area (Å²) in [6.07, 6.45) is 0.952. The van der Waals surface area contributed by atoms with Crippen LogP contribution in [0.1, 0.15) is 38.8 Å². The summed E-state index contributed by atoms with van der Waals surface area (Å²) in [5.41, 5.74) is 1.18. The average Bonchev–Trinajstić information content (AvgIpc) is 2.36. The van der Waals surface area contributed by atoms with Gasteiger partial charge in [0.15, 0.2) is 0 Å². The Morgan fingerprint density at radius 2 is 1.89 bits per heavy atom. The number of hydrogen-bond donors (Lipinski definition) is 2. The second-order valence-corrected chi connectivity index (χ2v) is 5.45. The summed E-state index contributed by atoms with van der Waals surface area (Å²) in [7, 11) is 0. The molecule has 0 saturated heterocycles. The molecule has 0 bridgehead atoms. The molecule has 0 aliphatic carbocycles. The molecule has 0 aromatic heterocycles. The van der Waals surface area contributed by atoms with E-state index in [0.29, 0.717) is 6.54 Å². The number of benzene rings is 1. The molecule has 100 valence electrons. The summed E-state index contributed by atoms with van der Waals surface area (Å²) in [6, 6.07) is 8.52. The smallest absolute Gasteiger partial charge is 0.234 e. The first kappa shape index (κ1) is 15.2. The maximum atomic E-state index is 11.6. The van der Waals surface area contributed by atoms with Crippen molar-refractivity contribution in [1.29, 1.82) is 0 Å². The fraction of sp³-hybridized carbons (Fsp3) is 0.500. The van der Waals surface area contributed by atoms with Crippen LogP contribution in [0.2, 0.25) is 0 Å². The summed E-state index contributed by atoms with van der Waals surface area (Å²) < 4.78 is 1.06. The van der Waals surface area contributed by atoms with Gasteiger partial charge in [0.2, 0.25) is 5.91 Å². The number of rotatable bonds is 6. The van der Waals surface area contributed by atoms with E-state index in [-0.39, 0.29) is 18.0 Å². The lowest BCUT2D eigenvalue weighted by molar-refractivity contribution is -0.120. The van der Waals surface area contributed by atoms with Gasteiger partial charge in [0.1, 0.15) is 0 Å². The van der Waals surface area contributed by atoms with Crippen LogP contribution in [-0.2, 0) is 4.79 Å². The zero-order valence-corrected chi connectivity index (χ0v) is 12.8. The quantitative estimate of drug-likeness (QED) is 0.847. The van der Waals surface area contributed by atoms with Crippen LogP contribution in [0.15, 0.2) is 28.7 Å². The molecular weight excluding hydrogens is 292 g/mol. The van der Waals surface area contributed by atoms with Crippen molar-refractivity contribution in [3.05, 3.63) is 34.3 Å². The zero-order valence-electron chi connectivity index (χ0n) is 11.2. The van der Waals surface area contributed by atoms with Gasteiger partial charge in [-0.2, -0.15) is 0 Å². The molecule has 1 aromatic carbocycles. The Kier molecular flexibility index (Phi) is 6.36. The van der Waals surface area contributed by atoms with Crippen LogP contribution >= 0.6 is 15.9 Å². The summed E-state index contributed by atoms with van der Waals surface area (Å²) in [5.74, 6) is 0.0494. The lowest BCUT2D eigenvalue weighted by Crippen LogP contribution is -2.39. The average molecular weight is 313 g/mol. The van der Waals surface area contributed by atoms with E-state index in [0.717, 1.165) is 10.9 Å². The van der Waals surface area contributed by atoms with Crippen molar-refractivity contribution >= 4 is 21.8 Å². The third kappa shape index (κ3) is 5.19. The second kappa shape index (κ2) is 7.54. The summed E-state index contributed by atoms with van der Waals surface area (Å²) in [6.45, 7) is 6.47. The number of halogens is 1. The Hall–Kier alpha value is -0.870. The first-order valence-electron chi connectivity index (χ1n) is 6.31. The standard InChI is InChI=1S/C14H21BrN2O/c1-4-10(2)17-14(18)9-16-11(3)12-5-7-13(15)8-6-12/h5-8,10-11,16H,4,9H2,1-3H3,(H,17,18)/t10?,11-/m0/s1. The van der Waals surface area contributed by atoms with Crippen molar-refractivity contribution < 1.29 is 4.79 Å². The molecule has 0 aliphatic rings. The Labute approximate surface area is 117 Å². The maximum Gasteiger partial charge on any atom is 0.234 e. The van der Waals surface area contributed by atoms with E-state index in [2.05, 4.69) is 40.4 Å². The van der Waals surface area contributed by atoms with Gasteiger partial charge >= 0.3 is 0 Å². The van der Waals surface area contributed by atoms with Crippen LogP contribution in [0.25, 0.3) is 0 Å². The molecule has 0 aliphatic heterocycles. The third-order valence-electron chi connectivity index (χ3n) is 2.96. The van der Waals surface area contributed by atoms with Gasteiger partial charge in [-0.3, -0.25) is 4.79 Å². The number of carbonyl (C=O) groups is 1. The normalized spacial score (nSPS) is 14.0. The predicted octanol–water partition coefficient (Wildman–Crippen LogP) is 3.01. The van der Waals surface area contributed by atoms with Gasteiger partial charge in [-0.15, -0.1) is 0 Å². The van der Waals surface area contributed by atoms with E-state index >= 15 is 0 Å². The van der Waals surface area contributed by atoms with Crippen molar-refractivity contribution in [2.45, 2.75) is 39.3 Å². The van der Waals surface area contributed by atoms with Gasteiger partial charge in [0.05, 0.1) is 6.54 Å². The highest BCUT2D eigenvalue weighted by atomic mass is 79.9. The molecule has 2 N–H and O–H groups in total. The fourth-order valence-electron chi connectivity index (χ4n) is 1.54. The predicted molar refractivity (Wildman–Crippen MR) is 78.5 cm³/mol. The molecule has 4 heteroatoms. The van der Waals surface area contributed by atoms with Crippen molar-refractivity contribution in [2.24, 2.45) is 0 Å². The van der Waals surface area contributed by atoms with Crippen LogP contribution in [-0.4, -0.2) is 18.5 Å². The van der Waals surface area contributed by atoms with Gasteiger partial charge in [-0.25, -0.2) is 0 Å². The molecule has 1 unspecified atom stereocenters. The first-order valence-corrected chi connectivity index (χ1v) is 7.10. The minimum Gasteiger partial charge on any atom is -0.353 e. The molecule has 1 rings (SSSR count). The topological polar surface area (TPSA) is 41.1 Å². The second-order valence-electron chi connectivity index (χ2n) is 4.53. The lowest BCUT2D eigenvalue weighted by Gasteiger charge is -2.16. The van der Waals surface area contributed by atoms with E-state index in [1.807, 2.05) is 31.2 Å². The monoisotopic (exact) mass is 312 g/mol. The Morgan fingerprint density at radius 3 is 2.44 bits per heavy atom. The lowest BCUT2D eigenvalue weighted by atomic mass is 10.1. The molecule has 0 fully saturated rings. The van der Waals surface area contributed by atoms with Crippen molar-refractivity contribution in [3.63, 3.8) is 0 Å². The third-order valence-corrected chi connectivity index (χ3v) is 3.49. The zero-order chi connectivity index (χ0) is 13.5. The molecule has 1 amide bonds. The highest BCUT2D eigenvalue weighted by molar-refractivity contribution is 9.10. The first-order chi connectivity index (χ1) is 8.52. The van der Waals surface area contributed by atoms with Crippen LogP contribution in [0.3, 0.4) is 0 Å². The molecule has 0 spiro atoms. The summed E-state index contributed by atoms with van der Waals surface area (Å²) in [5, 5.41) is 6.16. The molecule has 2 atom stereocenters. The SMILES string of the molecule is CCC(C)NC(=O)CN[C@@H](C)c1ccc(Br)cc1. The highest BCUT2D eigenvalue weighted by Gasteiger charge is 2.09. The Morgan fingerprint density at radius 1 is 1.28 bits per heavy atom. The van der Waals surface area contributed by atoms with Crippen LogP contribution < -0.4 is 10.6 Å². The van der Waals surface area contributed by atoms with E-state index in [1.165, 1.54) is 5.56 Å². The van der Waals surface area contributed by atoms with Crippen LogP contribution in [0, 0.1) is 0 Å². The molecule has 1 aromatic rings. The number of hydrogen-bond acceptors (Lipinski definition) is 2. The molecular formula is C14H21BrN2O. The largest absolute Gasteiger partial charge is 0.353 e. The molecule has 0 saturated carbocycles. The number of amides is 1. The minimum absolute atomic E-state index is 0.0494. The van der Waals surface area contributed by atoms with E-state index in [4.69, 9.17) is 0 Å².